The predicted molar refractivity (Wildman–Crippen MR) is 98.5 cm³/mol. The van der Waals surface area contributed by atoms with Crippen LogP contribution in [0.15, 0.2) is 28.7 Å². The lowest BCUT2D eigenvalue weighted by Gasteiger charge is -2.12. The summed E-state index contributed by atoms with van der Waals surface area (Å²) in [4.78, 5) is 0. The van der Waals surface area contributed by atoms with Gasteiger partial charge in [0.25, 0.3) is 0 Å². The third-order valence-corrected chi connectivity index (χ3v) is 4.11. The van der Waals surface area contributed by atoms with Crippen molar-refractivity contribution in [3.05, 3.63) is 35.6 Å². The van der Waals surface area contributed by atoms with Crippen LogP contribution in [-0.2, 0) is 6.42 Å². The molecule has 2 rings (SSSR count). The lowest BCUT2D eigenvalue weighted by molar-refractivity contribution is 0.437. The fourth-order valence-corrected chi connectivity index (χ4v) is 2.81. The molecule has 0 spiro atoms. The molecule has 2 aromatic rings. The summed E-state index contributed by atoms with van der Waals surface area (Å²) < 4.78 is 5.62. The molecule has 22 heavy (non-hydrogen) atoms. The highest BCUT2D eigenvalue weighted by Gasteiger charge is 2.06. The number of fused-ring (bicyclic) bond motifs is 1. The Labute approximate surface area is 137 Å². The smallest absolute Gasteiger partial charge is 0.134 e. The summed E-state index contributed by atoms with van der Waals surface area (Å²) >= 11 is 0. The van der Waals surface area contributed by atoms with Gasteiger partial charge in [0.15, 0.2) is 0 Å². The second-order valence-electron chi connectivity index (χ2n) is 6.70. The third kappa shape index (κ3) is 6.25. The Hall–Kier alpha value is -1.24. The average molecular weight is 303 g/mol. The second kappa shape index (κ2) is 9.71. The summed E-state index contributed by atoms with van der Waals surface area (Å²) in [7, 11) is 0. The molecule has 0 saturated carbocycles. The summed E-state index contributed by atoms with van der Waals surface area (Å²) in [6.07, 6.45) is 6.58. The van der Waals surface area contributed by atoms with Crippen molar-refractivity contribution in [3.63, 3.8) is 0 Å². The first-order valence-corrected chi connectivity index (χ1v) is 9.03. The summed E-state index contributed by atoms with van der Waals surface area (Å²) in [5, 5.41) is 1.24. The van der Waals surface area contributed by atoms with E-state index in [0.717, 1.165) is 23.2 Å². The van der Waals surface area contributed by atoms with Crippen LogP contribution in [0.3, 0.4) is 0 Å². The Bertz CT molecular complexity index is 536. The summed E-state index contributed by atoms with van der Waals surface area (Å²) in [6, 6.07) is 8.74. The van der Waals surface area contributed by atoms with Gasteiger partial charge in [-0.15, -0.1) is 0 Å². The fraction of sp³-hybridized carbons (Fsp3) is 0.619. The van der Waals surface area contributed by atoms with Gasteiger partial charge in [-0.3, -0.25) is 0 Å². The number of benzene rings is 1. The summed E-state index contributed by atoms with van der Waals surface area (Å²) in [5.41, 5.74) is 2.45. The van der Waals surface area contributed by atoms with Crippen LogP contribution in [0.5, 0.6) is 0 Å². The van der Waals surface area contributed by atoms with Crippen molar-refractivity contribution in [2.45, 2.75) is 73.6 Å². The molecule has 0 radical (unpaired) electrons. The van der Waals surface area contributed by atoms with Gasteiger partial charge in [0, 0.05) is 5.39 Å². The van der Waals surface area contributed by atoms with E-state index < -0.39 is 0 Å². The molecule has 1 nitrogen and oxygen atoms in total. The fourth-order valence-electron chi connectivity index (χ4n) is 2.81. The predicted octanol–water partition coefficient (Wildman–Crippen LogP) is 7.16. The number of furan rings is 1. The van der Waals surface area contributed by atoms with Crippen LogP contribution in [0.25, 0.3) is 11.0 Å². The number of rotatable bonds is 7. The van der Waals surface area contributed by atoms with E-state index >= 15 is 0 Å². The summed E-state index contributed by atoms with van der Waals surface area (Å²) in [6.45, 7) is 13.0. The SMILES string of the molecule is CC.Cc1cc2cc(CCC(C)CCCC(C)C)ccc2o1. The van der Waals surface area contributed by atoms with Crippen LogP contribution in [0.4, 0.5) is 0 Å². The van der Waals surface area contributed by atoms with E-state index in [1.54, 1.807) is 0 Å². The van der Waals surface area contributed by atoms with E-state index in [2.05, 4.69) is 45.0 Å². The standard InChI is InChI=1S/C19H28O.C2H6/c1-14(2)6-5-7-15(3)8-9-17-10-11-19-18(13-17)12-16(4)20-19;1-2/h10-15H,5-9H2,1-4H3;1-2H3. The van der Waals surface area contributed by atoms with Gasteiger partial charge in [-0.05, 0) is 55.4 Å². The van der Waals surface area contributed by atoms with Crippen LogP contribution in [-0.4, -0.2) is 0 Å². The van der Waals surface area contributed by atoms with Crippen LogP contribution in [0, 0.1) is 18.8 Å². The maximum absolute atomic E-state index is 5.62. The molecule has 0 saturated heterocycles. The van der Waals surface area contributed by atoms with E-state index in [9.17, 15) is 0 Å². The number of hydrogen-bond donors (Lipinski definition) is 0. The number of aryl methyl sites for hydroxylation is 2. The highest BCUT2D eigenvalue weighted by Crippen LogP contribution is 2.22. The van der Waals surface area contributed by atoms with Gasteiger partial charge in [0.2, 0.25) is 0 Å². The molecule has 0 aliphatic heterocycles. The molecular formula is C21H34O. The quantitative estimate of drug-likeness (QED) is 0.528. The molecule has 1 unspecified atom stereocenters. The van der Waals surface area contributed by atoms with Crippen LogP contribution in [0.1, 0.15) is 71.6 Å². The lowest BCUT2D eigenvalue weighted by atomic mass is 9.94. The second-order valence-corrected chi connectivity index (χ2v) is 6.70. The first-order chi connectivity index (χ1) is 10.5. The highest BCUT2D eigenvalue weighted by molar-refractivity contribution is 5.78. The zero-order chi connectivity index (χ0) is 16.5. The van der Waals surface area contributed by atoms with Crippen molar-refractivity contribution in [2.75, 3.05) is 0 Å². The third-order valence-electron chi connectivity index (χ3n) is 4.11. The zero-order valence-corrected chi connectivity index (χ0v) is 15.4. The maximum Gasteiger partial charge on any atom is 0.134 e. The number of hydrogen-bond acceptors (Lipinski definition) is 1. The first-order valence-electron chi connectivity index (χ1n) is 9.03. The van der Waals surface area contributed by atoms with Crippen molar-refractivity contribution in [1.29, 1.82) is 0 Å². The highest BCUT2D eigenvalue weighted by atomic mass is 16.3. The molecular weight excluding hydrogens is 268 g/mol. The molecule has 124 valence electrons. The molecule has 1 aromatic heterocycles. The average Bonchev–Trinajstić information content (AvgIpc) is 2.86. The van der Waals surface area contributed by atoms with Gasteiger partial charge in [-0.2, -0.15) is 0 Å². The molecule has 0 fully saturated rings. The topological polar surface area (TPSA) is 13.1 Å². The Morgan fingerprint density at radius 1 is 0.955 bits per heavy atom. The molecule has 0 bridgehead atoms. The minimum absolute atomic E-state index is 0.829. The maximum atomic E-state index is 5.62. The normalized spacial score (nSPS) is 12.3. The lowest BCUT2D eigenvalue weighted by Crippen LogP contribution is -1.99. The van der Waals surface area contributed by atoms with Crippen LogP contribution >= 0.6 is 0 Å². The van der Waals surface area contributed by atoms with E-state index in [-0.39, 0.29) is 0 Å². The molecule has 0 amide bonds. The molecule has 1 aromatic carbocycles. The Balaban J connectivity index is 0.00000116. The molecule has 0 aliphatic rings. The van der Waals surface area contributed by atoms with Gasteiger partial charge in [0.05, 0.1) is 0 Å². The van der Waals surface area contributed by atoms with Gasteiger partial charge in [-0.25, -0.2) is 0 Å². The summed E-state index contributed by atoms with van der Waals surface area (Å²) in [5.74, 6) is 2.67. The van der Waals surface area contributed by atoms with Gasteiger partial charge >= 0.3 is 0 Å². The zero-order valence-electron chi connectivity index (χ0n) is 15.4. The molecule has 1 atom stereocenters. The Kier molecular flexibility index (Phi) is 8.30. The van der Waals surface area contributed by atoms with Crippen LogP contribution < -0.4 is 0 Å². The molecule has 0 N–H and O–H groups in total. The molecule has 0 aliphatic carbocycles. The van der Waals surface area contributed by atoms with Gasteiger partial charge in [-0.1, -0.05) is 59.9 Å². The van der Waals surface area contributed by atoms with Crippen molar-refractivity contribution in [3.8, 4) is 0 Å². The largest absolute Gasteiger partial charge is 0.461 e. The Morgan fingerprint density at radius 2 is 1.68 bits per heavy atom. The van der Waals surface area contributed by atoms with Crippen molar-refractivity contribution in [2.24, 2.45) is 11.8 Å². The van der Waals surface area contributed by atoms with E-state index in [4.69, 9.17) is 4.42 Å². The minimum atomic E-state index is 0.829. The van der Waals surface area contributed by atoms with E-state index in [1.165, 1.54) is 43.1 Å². The van der Waals surface area contributed by atoms with Crippen LogP contribution in [0.2, 0.25) is 0 Å². The van der Waals surface area contributed by atoms with Crippen molar-refractivity contribution >= 4 is 11.0 Å². The first kappa shape index (κ1) is 18.8. The van der Waals surface area contributed by atoms with Crippen molar-refractivity contribution in [1.82, 2.24) is 0 Å². The van der Waals surface area contributed by atoms with Gasteiger partial charge < -0.3 is 4.42 Å². The molecule has 1 heterocycles. The van der Waals surface area contributed by atoms with Crippen molar-refractivity contribution < 1.29 is 4.42 Å². The van der Waals surface area contributed by atoms with E-state index in [0.29, 0.717) is 0 Å². The monoisotopic (exact) mass is 302 g/mol. The minimum Gasteiger partial charge on any atom is -0.461 e. The van der Waals surface area contributed by atoms with E-state index in [1.807, 2.05) is 20.8 Å². The Morgan fingerprint density at radius 3 is 2.36 bits per heavy atom. The molecule has 1 heteroatoms. The van der Waals surface area contributed by atoms with Gasteiger partial charge in [0.1, 0.15) is 11.3 Å².